The third kappa shape index (κ3) is 2.86. The number of H-pyrrole nitrogens is 2. The molecule has 0 unspecified atom stereocenters. The Morgan fingerprint density at radius 3 is 2.87 bits per heavy atom. The zero-order valence-corrected chi connectivity index (χ0v) is 17.5. The Hall–Kier alpha value is -2.70. The average Bonchev–Trinajstić information content (AvgIpc) is 3.31. The van der Waals surface area contributed by atoms with Gasteiger partial charge < -0.3 is 9.88 Å². The summed E-state index contributed by atoms with van der Waals surface area (Å²) in [6, 6.07) is 1.98. The second-order valence-electron chi connectivity index (χ2n) is 9.67. The number of aryl methyl sites for hydroxylation is 1. The van der Waals surface area contributed by atoms with Crippen LogP contribution < -0.4 is 4.90 Å². The molecule has 2 fully saturated rings. The molecular formula is C23H28N6O. The number of nitrogens with zero attached hydrogens (tertiary/aromatic N) is 4. The molecule has 3 aliphatic rings. The summed E-state index contributed by atoms with van der Waals surface area (Å²) in [4.78, 5) is 27.1. The van der Waals surface area contributed by atoms with Crippen molar-refractivity contribution >= 4 is 22.8 Å². The lowest BCUT2D eigenvalue weighted by atomic mass is 9.51. The van der Waals surface area contributed by atoms with E-state index in [0.29, 0.717) is 23.4 Å². The van der Waals surface area contributed by atoms with Crippen LogP contribution in [-0.4, -0.2) is 38.1 Å². The number of rotatable bonds is 4. The van der Waals surface area contributed by atoms with Crippen LogP contribution in [0.2, 0.25) is 0 Å². The number of anilines is 1. The minimum absolute atomic E-state index is 0.177. The Kier molecular flexibility index (Phi) is 4.01. The smallest absolute Gasteiger partial charge is 0.227 e. The van der Waals surface area contributed by atoms with E-state index in [0.717, 1.165) is 35.6 Å². The van der Waals surface area contributed by atoms with Crippen molar-refractivity contribution in [3.8, 4) is 11.5 Å². The summed E-state index contributed by atoms with van der Waals surface area (Å²) in [7, 11) is 1.85. The molecule has 3 aliphatic carbocycles. The van der Waals surface area contributed by atoms with Crippen LogP contribution in [0.3, 0.4) is 0 Å². The fraction of sp³-hybridized carbons (Fsp3) is 0.565. The number of carbonyl (C=O) groups is 1. The number of aromatic nitrogens is 5. The van der Waals surface area contributed by atoms with E-state index in [4.69, 9.17) is 0 Å². The van der Waals surface area contributed by atoms with E-state index in [1.165, 1.54) is 56.2 Å². The van der Waals surface area contributed by atoms with E-state index in [2.05, 4.69) is 25.1 Å². The summed E-state index contributed by atoms with van der Waals surface area (Å²) in [5.74, 6) is 1.49. The Bertz CT molecular complexity index is 1120. The van der Waals surface area contributed by atoms with Gasteiger partial charge in [-0.15, -0.1) is 0 Å². The Balaban J connectivity index is 1.20. The molecule has 1 amide bonds. The first-order chi connectivity index (χ1) is 14.6. The minimum Gasteiger partial charge on any atom is -0.335 e. The van der Waals surface area contributed by atoms with Gasteiger partial charge in [-0.25, -0.2) is 9.97 Å². The van der Waals surface area contributed by atoms with Gasteiger partial charge >= 0.3 is 0 Å². The van der Waals surface area contributed by atoms with Crippen LogP contribution in [0.5, 0.6) is 0 Å². The lowest BCUT2D eigenvalue weighted by Crippen LogP contribution is -2.44. The van der Waals surface area contributed by atoms with Gasteiger partial charge in [-0.1, -0.05) is 6.42 Å². The second-order valence-corrected chi connectivity index (χ2v) is 9.67. The highest BCUT2D eigenvalue weighted by Gasteiger charge is 2.48. The van der Waals surface area contributed by atoms with Crippen molar-refractivity contribution in [2.24, 2.45) is 11.3 Å². The number of carbonyl (C=O) groups excluding carboxylic acids is 1. The van der Waals surface area contributed by atoms with Crippen molar-refractivity contribution in [3.63, 3.8) is 0 Å². The fourth-order valence-electron chi connectivity index (χ4n) is 5.78. The van der Waals surface area contributed by atoms with Gasteiger partial charge in [0.15, 0.2) is 11.5 Å². The molecule has 156 valence electrons. The SMILES string of the molecule is CN(C(=O)CC1CC2(CCC2)C1)c1cnc2nc(-c3n[nH]c4c3CCCC4)[nH]c2c1. The Labute approximate surface area is 175 Å². The van der Waals surface area contributed by atoms with Crippen molar-refractivity contribution in [2.45, 2.75) is 64.2 Å². The molecule has 3 aromatic rings. The minimum atomic E-state index is 0.177. The summed E-state index contributed by atoms with van der Waals surface area (Å²) in [6.45, 7) is 0. The van der Waals surface area contributed by atoms with Gasteiger partial charge in [0.25, 0.3) is 0 Å². The summed E-state index contributed by atoms with van der Waals surface area (Å²) in [5.41, 5.74) is 6.34. The summed E-state index contributed by atoms with van der Waals surface area (Å²) >= 11 is 0. The number of pyridine rings is 1. The molecule has 2 saturated carbocycles. The number of hydrogen-bond acceptors (Lipinski definition) is 4. The standard InChI is InChI=1S/C23H28N6O/c1-29(19(30)9-14-11-23(12-14)7-4-8-23)15-10-18-21(24-13-15)26-22(25-18)20-16-5-2-3-6-17(16)27-28-20/h10,13-14H,2-9,11-12H2,1H3,(H,27,28)(H,24,25,26). The molecule has 2 N–H and O–H groups in total. The molecule has 3 aromatic heterocycles. The van der Waals surface area contributed by atoms with E-state index >= 15 is 0 Å². The van der Waals surface area contributed by atoms with E-state index in [9.17, 15) is 4.79 Å². The molecule has 0 atom stereocenters. The fourth-order valence-corrected chi connectivity index (χ4v) is 5.78. The number of fused-ring (bicyclic) bond motifs is 2. The predicted molar refractivity (Wildman–Crippen MR) is 115 cm³/mol. The first kappa shape index (κ1) is 18.1. The number of amides is 1. The summed E-state index contributed by atoms with van der Waals surface area (Å²) in [5, 5.41) is 7.68. The molecule has 1 spiro atoms. The average molecular weight is 405 g/mol. The van der Waals surface area contributed by atoms with Crippen molar-refractivity contribution in [3.05, 3.63) is 23.5 Å². The van der Waals surface area contributed by atoms with Crippen LogP contribution in [0.25, 0.3) is 22.7 Å². The van der Waals surface area contributed by atoms with Crippen LogP contribution in [0.15, 0.2) is 12.3 Å². The molecule has 7 nitrogen and oxygen atoms in total. The van der Waals surface area contributed by atoms with Gasteiger partial charge in [0.2, 0.25) is 5.91 Å². The van der Waals surface area contributed by atoms with E-state index in [-0.39, 0.29) is 5.91 Å². The van der Waals surface area contributed by atoms with E-state index in [1.807, 2.05) is 13.1 Å². The zero-order valence-electron chi connectivity index (χ0n) is 17.5. The first-order valence-electron chi connectivity index (χ1n) is 11.3. The van der Waals surface area contributed by atoms with E-state index < -0.39 is 0 Å². The lowest BCUT2D eigenvalue weighted by molar-refractivity contribution is -0.122. The normalized spacial score (nSPS) is 20.0. The lowest BCUT2D eigenvalue weighted by Gasteiger charge is -2.54. The molecule has 3 heterocycles. The van der Waals surface area contributed by atoms with Gasteiger partial charge in [0.1, 0.15) is 5.69 Å². The molecule has 7 heteroatoms. The van der Waals surface area contributed by atoms with Crippen LogP contribution >= 0.6 is 0 Å². The Morgan fingerprint density at radius 1 is 1.23 bits per heavy atom. The second kappa shape index (κ2) is 6.65. The van der Waals surface area contributed by atoms with Gasteiger partial charge in [0, 0.05) is 24.7 Å². The van der Waals surface area contributed by atoms with Gasteiger partial charge in [-0.2, -0.15) is 5.10 Å². The summed E-state index contributed by atoms with van der Waals surface area (Å²) in [6.07, 6.45) is 13.5. The highest BCUT2D eigenvalue weighted by atomic mass is 16.2. The highest BCUT2D eigenvalue weighted by molar-refractivity contribution is 5.94. The molecule has 30 heavy (non-hydrogen) atoms. The number of hydrogen-bond donors (Lipinski definition) is 2. The molecule has 0 aliphatic heterocycles. The number of imidazole rings is 1. The third-order valence-corrected chi connectivity index (χ3v) is 7.69. The molecule has 0 radical (unpaired) electrons. The molecule has 6 rings (SSSR count). The quantitative estimate of drug-likeness (QED) is 0.683. The predicted octanol–water partition coefficient (Wildman–Crippen LogP) is 4.16. The van der Waals surface area contributed by atoms with Crippen LogP contribution in [0.1, 0.15) is 62.6 Å². The summed E-state index contributed by atoms with van der Waals surface area (Å²) < 4.78 is 0. The maximum atomic E-state index is 12.8. The topological polar surface area (TPSA) is 90.6 Å². The van der Waals surface area contributed by atoms with Crippen molar-refractivity contribution in [2.75, 3.05) is 11.9 Å². The maximum Gasteiger partial charge on any atom is 0.227 e. The molecule has 0 aromatic carbocycles. The third-order valence-electron chi connectivity index (χ3n) is 7.69. The van der Waals surface area contributed by atoms with Gasteiger partial charge in [-0.3, -0.25) is 9.89 Å². The molecule has 0 saturated heterocycles. The Morgan fingerprint density at radius 2 is 2.07 bits per heavy atom. The van der Waals surface area contributed by atoms with E-state index in [1.54, 1.807) is 11.1 Å². The maximum absolute atomic E-state index is 12.8. The van der Waals surface area contributed by atoms with Crippen molar-refractivity contribution in [1.82, 2.24) is 25.1 Å². The first-order valence-corrected chi connectivity index (χ1v) is 11.3. The molecule has 0 bridgehead atoms. The van der Waals surface area contributed by atoms with Crippen LogP contribution in [0, 0.1) is 11.3 Å². The van der Waals surface area contributed by atoms with Crippen LogP contribution in [0.4, 0.5) is 5.69 Å². The van der Waals surface area contributed by atoms with Gasteiger partial charge in [-0.05, 0) is 68.8 Å². The van der Waals surface area contributed by atoms with Crippen LogP contribution in [-0.2, 0) is 17.6 Å². The monoisotopic (exact) mass is 404 g/mol. The van der Waals surface area contributed by atoms with Crippen molar-refractivity contribution < 1.29 is 4.79 Å². The zero-order chi connectivity index (χ0) is 20.3. The van der Waals surface area contributed by atoms with Gasteiger partial charge in [0.05, 0.1) is 17.4 Å². The molecular weight excluding hydrogens is 376 g/mol. The number of aromatic amines is 2. The van der Waals surface area contributed by atoms with Crippen molar-refractivity contribution in [1.29, 1.82) is 0 Å². The number of nitrogens with one attached hydrogen (secondary N) is 2. The largest absolute Gasteiger partial charge is 0.335 e. The highest BCUT2D eigenvalue weighted by Crippen LogP contribution is 2.59.